The maximum Gasteiger partial charge on any atom is 0.225 e. The minimum Gasteiger partial charge on any atom is -0.389 e. The van der Waals surface area contributed by atoms with Crippen LogP contribution in [0.3, 0.4) is 0 Å². The number of aromatic nitrogens is 2. The Morgan fingerprint density at radius 3 is 2.70 bits per heavy atom. The van der Waals surface area contributed by atoms with E-state index in [-0.39, 0.29) is 12.3 Å². The van der Waals surface area contributed by atoms with Crippen LogP contribution in [0.15, 0.2) is 12.4 Å². The van der Waals surface area contributed by atoms with Crippen molar-refractivity contribution in [3.05, 3.63) is 18.0 Å². The van der Waals surface area contributed by atoms with Gasteiger partial charge in [0.1, 0.15) is 0 Å². The van der Waals surface area contributed by atoms with Gasteiger partial charge in [-0.25, -0.2) is 0 Å². The number of rotatable bonds is 5. The lowest BCUT2D eigenvalue weighted by Crippen LogP contribution is -2.40. The van der Waals surface area contributed by atoms with E-state index in [2.05, 4.69) is 5.10 Å². The first-order valence-electron chi connectivity index (χ1n) is 7.50. The van der Waals surface area contributed by atoms with Crippen LogP contribution < -0.4 is 0 Å². The lowest BCUT2D eigenvalue weighted by atomic mass is 9.82. The Kier molecular flexibility index (Phi) is 4.81. The Labute approximate surface area is 120 Å². The fraction of sp³-hybridized carbons (Fsp3) is 0.733. The van der Waals surface area contributed by atoms with Gasteiger partial charge in [-0.2, -0.15) is 5.10 Å². The molecule has 1 aliphatic rings. The zero-order chi connectivity index (χ0) is 14.6. The van der Waals surface area contributed by atoms with Crippen molar-refractivity contribution < 1.29 is 9.90 Å². The Bertz CT molecular complexity index is 450. The van der Waals surface area contributed by atoms with Crippen molar-refractivity contribution in [1.29, 1.82) is 0 Å². The van der Waals surface area contributed by atoms with Gasteiger partial charge in [0, 0.05) is 31.9 Å². The highest BCUT2D eigenvalue weighted by atomic mass is 16.3. The molecule has 1 amide bonds. The van der Waals surface area contributed by atoms with Gasteiger partial charge in [0.15, 0.2) is 0 Å². The molecule has 0 radical (unpaired) electrons. The third kappa shape index (κ3) is 3.82. The molecule has 0 aliphatic heterocycles. The van der Waals surface area contributed by atoms with Gasteiger partial charge in [0.25, 0.3) is 0 Å². The number of carbonyl (C=O) groups excluding carboxylic acids is 1. The summed E-state index contributed by atoms with van der Waals surface area (Å²) in [6.45, 7) is 3.20. The summed E-state index contributed by atoms with van der Waals surface area (Å²) in [4.78, 5) is 14.2. The van der Waals surface area contributed by atoms with E-state index < -0.39 is 5.60 Å². The van der Waals surface area contributed by atoms with Gasteiger partial charge in [-0.3, -0.25) is 9.48 Å². The second-order valence-corrected chi connectivity index (χ2v) is 5.89. The van der Waals surface area contributed by atoms with Crippen LogP contribution in [0.2, 0.25) is 0 Å². The van der Waals surface area contributed by atoms with Gasteiger partial charge >= 0.3 is 0 Å². The van der Waals surface area contributed by atoms with Crippen molar-refractivity contribution >= 4 is 5.91 Å². The highest BCUT2D eigenvalue weighted by molar-refractivity contribution is 5.77. The normalized spacial score (nSPS) is 17.9. The number of hydrogen-bond acceptors (Lipinski definition) is 3. The van der Waals surface area contributed by atoms with Gasteiger partial charge in [-0.05, 0) is 19.8 Å². The molecule has 0 aromatic carbocycles. The first kappa shape index (κ1) is 15.0. The molecule has 0 spiro atoms. The van der Waals surface area contributed by atoms with E-state index in [0.717, 1.165) is 31.2 Å². The number of nitrogens with zero attached hydrogens (tertiary/aromatic N) is 3. The van der Waals surface area contributed by atoms with E-state index in [9.17, 15) is 9.90 Å². The van der Waals surface area contributed by atoms with Crippen LogP contribution in [0.4, 0.5) is 0 Å². The Hall–Kier alpha value is -1.36. The third-order valence-corrected chi connectivity index (χ3v) is 4.13. The van der Waals surface area contributed by atoms with E-state index in [4.69, 9.17) is 0 Å². The van der Waals surface area contributed by atoms with E-state index in [1.54, 1.807) is 15.8 Å². The summed E-state index contributed by atoms with van der Waals surface area (Å²) in [6, 6.07) is 0. The predicted octanol–water partition coefficient (Wildman–Crippen LogP) is 1.85. The SMILES string of the molecule is CCN(Cc1cnn(C)c1)C(=O)CC1(O)CCCCC1. The second kappa shape index (κ2) is 6.39. The van der Waals surface area contributed by atoms with E-state index in [0.29, 0.717) is 13.1 Å². The molecule has 0 bridgehead atoms. The van der Waals surface area contributed by atoms with Crippen LogP contribution in [0.1, 0.15) is 51.0 Å². The molecular formula is C15H25N3O2. The van der Waals surface area contributed by atoms with Crippen LogP contribution in [0, 0.1) is 0 Å². The Balaban J connectivity index is 1.94. The molecule has 1 saturated carbocycles. The minimum atomic E-state index is -0.780. The summed E-state index contributed by atoms with van der Waals surface area (Å²) < 4.78 is 1.74. The molecule has 5 nitrogen and oxygen atoms in total. The number of carbonyl (C=O) groups is 1. The molecular weight excluding hydrogens is 254 g/mol. The predicted molar refractivity (Wildman–Crippen MR) is 77.0 cm³/mol. The third-order valence-electron chi connectivity index (χ3n) is 4.13. The zero-order valence-corrected chi connectivity index (χ0v) is 12.5. The number of amides is 1. The highest BCUT2D eigenvalue weighted by Crippen LogP contribution is 2.31. The Morgan fingerprint density at radius 2 is 2.15 bits per heavy atom. The van der Waals surface area contributed by atoms with Crippen molar-refractivity contribution in [2.24, 2.45) is 7.05 Å². The largest absolute Gasteiger partial charge is 0.389 e. The smallest absolute Gasteiger partial charge is 0.225 e. The standard InChI is InChI=1S/C15H25N3O2/c1-3-18(12-13-10-16-17(2)11-13)14(19)9-15(20)7-5-4-6-8-15/h10-11,20H,3-9,12H2,1-2H3. The van der Waals surface area contributed by atoms with Crippen LogP contribution in [-0.4, -0.2) is 37.8 Å². The van der Waals surface area contributed by atoms with Crippen LogP contribution in [0.5, 0.6) is 0 Å². The van der Waals surface area contributed by atoms with E-state index >= 15 is 0 Å². The number of aliphatic hydroxyl groups is 1. The molecule has 20 heavy (non-hydrogen) atoms. The molecule has 5 heteroatoms. The highest BCUT2D eigenvalue weighted by Gasteiger charge is 2.33. The summed E-state index contributed by atoms with van der Waals surface area (Å²) in [6.07, 6.45) is 8.69. The van der Waals surface area contributed by atoms with E-state index in [1.165, 1.54) is 6.42 Å². The summed E-state index contributed by atoms with van der Waals surface area (Å²) in [5.41, 5.74) is 0.246. The number of hydrogen-bond donors (Lipinski definition) is 1. The monoisotopic (exact) mass is 279 g/mol. The second-order valence-electron chi connectivity index (χ2n) is 5.89. The molecule has 112 valence electrons. The van der Waals surface area contributed by atoms with Gasteiger partial charge in [0.2, 0.25) is 5.91 Å². The first-order valence-corrected chi connectivity index (χ1v) is 7.50. The van der Waals surface area contributed by atoms with Gasteiger partial charge in [0.05, 0.1) is 18.2 Å². The summed E-state index contributed by atoms with van der Waals surface area (Å²) in [5, 5.41) is 14.6. The molecule has 1 N–H and O–H groups in total. The minimum absolute atomic E-state index is 0.0424. The molecule has 1 aliphatic carbocycles. The summed E-state index contributed by atoms with van der Waals surface area (Å²) in [5.74, 6) is 0.0424. The molecule has 1 heterocycles. The van der Waals surface area contributed by atoms with Gasteiger partial charge < -0.3 is 10.0 Å². The first-order chi connectivity index (χ1) is 9.52. The lowest BCUT2D eigenvalue weighted by molar-refractivity contribution is -0.138. The van der Waals surface area contributed by atoms with Crippen molar-refractivity contribution in [2.45, 2.75) is 57.6 Å². The number of aryl methyl sites for hydroxylation is 1. The topological polar surface area (TPSA) is 58.4 Å². The van der Waals surface area contributed by atoms with Crippen LogP contribution in [-0.2, 0) is 18.4 Å². The zero-order valence-electron chi connectivity index (χ0n) is 12.5. The Morgan fingerprint density at radius 1 is 1.45 bits per heavy atom. The molecule has 1 aromatic heterocycles. The summed E-state index contributed by atoms with van der Waals surface area (Å²) >= 11 is 0. The van der Waals surface area contributed by atoms with Crippen LogP contribution >= 0.6 is 0 Å². The molecule has 0 atom stereocenters. The molecule has 2 rings (SSSR count). The fourth-order valence-electron chi connectivity index (χ4n) is 2.93. The maximum atomic E-state index is 12.4. The van der Waals surface area contributed by atoms with Crippen molar-refractivity contribution in [3.8, 4) is 0 Å². The van der Waals surface area contributed by atoms with Crippen molar-refractivity contribution in [3.63, 3.8) is 0 Å². The summed E-state index contributed by atoms with van der Waals surface area (Å²) in [7, 11) is 1.87. The average molecular weight is 279 g/mol. The molecule has 1 aromatic rings. The molecule has 0 saturated heterocycles. The lowest BCUT2D eigenvalue weighted by Gasteiger charge is -2.33. The van der Waals surface area contributed by atoms with Gasteiger partial charge in [-0.1, -0.05) is 19.3 Å². The van der Waals surface area contributed by atoms with Crippen LogP contribution in [0.25, 0.3) is 0 Å². The molecule has 0 unspecified atom stereocenters. The van der Waals surface area contributed by atoms with Gasteiger partial charge in [-0.15, -0.1) is 0 Å². The van der Waals surface area contributed by atoms with E-state index in [1.807, 2.05) is 20.2 Å². The maximum absolute atomic E-state index is 12.4. The average Bonchev–Trinajstić information content (AvgIpc) is 2.81. The van der Waals surface area contributed by atoms with Crippen molar-refractivity contribution in [1.82, 2.24) is 14.7 Å². The fourth-order valence-corrected chi connectivity index (χ4v) is 2.93. The quantitative estimate of drug-likeness (QED) is 0.895. The molecule has 1 fully saturated rings. The van der Waals surface area contributed by atoms with Crippen molar-refractivity contribution in [2.75, 3.05) is 6.54 Å².